The van der Waals surface area contributed by atoms with Crippen LogP contribution in [0.1, 0.15) is 38.5 Å². The summed E-state index contributed by atoms with van der Waals surface area (Å²) in [5.41, 5.74) is -11.1. The molecule has 0 amide bonds. The van der Waals surface area contributed by atoms with Gasteiger partial charge in [-0.2, -0.15) is 43.2 Å². The molecule has 0 spiro atoms. The smallest absolute Gasteiger partial charge is 0.279 e. The van der Waals surface area contributed by atoms with Gasteiger partial charge in [0.15, 0.2) is 0 Å². The molecule has 3 aliphatic carbocycles. The predicted octanol–water partition coefficient (Wildman–Crippen LogP) is 3.37. The second-order valence-electron chi connectivity index (χ2n) is 5.31. The standard InChI is InChI=1S/C8H14.2CHF3O3S/c1-2-8-5-3-7(1)4-6-8;2*2-1(3,4)8(5,6)7/h7-8H,1-6H2;2*(H,5,6,7). The fraction of sp³-hybridized carbons (Fsp3) is 1.00. The van der Waals surface area contributed by atoms with Crippen molar-refractivity contribution in [2.24, 2.45) is 11.8 Å². The normalized spacial score (nSPS) is 24.3. The van der Waals surface area contributed by atoms with Crippen LogP contribution in [0.15, 0.2) is 0 Å². The molecule has 2 N–H and O–H groups in total. The lowest BCUT2D eigenvalue weighted by Crippen LogP contribution is -2.21. The minimum atomic E-state index is -5.84. The number of hydrogen-bond acceptors (Lipinski definition) is 4. The zero-order valence-corrected chi connectivity index (χ0v) is 13.6. The van der Waals surface area contributed by atoms with Gasteiger partial charge < -0.3 is 0 Å². The van der Waals surface area contributed by atoms with Crippen LogP contribution in [0, 0.1) is 11.8 Å². The minimum absolute atomic E-state index is 1.15. The Morgan fingerprint density at radius 2 is 0.708 bits per heavy atom. The number of halogens is 6. The van der Waals surface area contributed by atoms with Crippen LogP contribution in [0.5, 0.6) is 0 Å². The molecule has 146 valence electrons. The molecule has 3 fully saturated rings. The Balaban J connectivity index is 0.000000331. The van der Waals surface area contributed by atoms with Crippen LogP contribution in [0.4, 0.5) is 26.3 Å². The van der Waals surface area contributed by atoms with Crippen molar-refractivity contribution in [1.29, 1.82) is 0 Å². The highest BCUT2D eigenvalue weighted by Crippen LogP contribution is 2.40. The summed E-state index contributed by atoms with van der Waals surface area (Å²) in [6.45, 7) is 0. The largest absolute Gasteiger partial charge is 0.522 e. The van der Waals surface area contributed by atoms with Crippen molar-refractivity contribution in [3.8, 4) is 0 Å². The summed E-state index contributed by atoms with van der Waals surface area (Å²) < 4.78 is 115. The Bertz CT molecular complexity index is 521. The van der Waals surface area contributed by atoms with Crippen LogP contribution in [-0.2, 0) is 20.2 Å². The quantitative estimate of drug-likeness (QED) is 0.360. The summed E-state index contributed by atoms with van der Waals surface area (Å²) in [4.78, 5) is 0. The van der Waals surface area contributed by atoms with Crippen LogP contribution >= 0.6 is 0 Å². The molecule has 0 aromatic rings. The van der Waals surface area contributed by atoms with Gasteiger partial charge in [-0.15, -0.1) is 0 Å². The van der Waals surface area contributed by atoms with Crippen LogP contribution < -0.4 is 0 Å². The number of rotatable bonds is 0. The first kappa shape index (κ1) is 23.4. The highest BCUT2D eigenvalue weighted by atomic mass is 32.2. The fourth-order valence-corrected chi connectivity index (χ4v) is 2.28. The number of alkyl halides is 6. The Kier molecular flexibility index (Phi) is 7.98. The first-order valence-electron chi connectivity index (χ1n) is 6.52. The summed E-state index contributed by atoms with van der Waals surface area (Å²) in [7, 11) is -11.7. The summed E-state index contributed by atoms with van der Waals surface area (Å²) in [5, 5.41) is 0. The fourth-order valence-electron chi connectivity index (χ4n) is 2.28. The maximum absolute atomic E-state index is 10.7. The molecule has 0 heterocycles. The van der Waals surface area contributed by atoms with Crippen LogP contribution in [0.2, 0.25) is 0 Å². The van der Waals surface area contributed by atoms with Crippen molar-refractivity contribution in [1.82, 2.24) is 0 Å². The summed E-state index contributed by atoms with van der Waals surface area (Å²) >= 11 is 0. The third kappa shape index (κ3) is 8.48. The molecular weight excluding hydrogens is 394 g/mol. The molecule has 3 rings (SSSR count). The molecule has 14 heteroatoms. The van der Waals surface area contributed by atoms with Gasteiger partial charge in [-0.05, 0) is 11.8 Å². The minimum Gasteiger partial charge on any atom is -0.279 e. The molecule has 0 atom stereocenters. The van der Waals surface area contributed by atoms with Crippen LogP contribution in [-0.4, -0.2) is 37.0 Å². The maximum atomic E-state index is 10.7. The van der Waals surface area contributed by atoms with E-state index in [1.165, 1.54) is 0 Å². The molecule has 0 aromatic heterocycles. The third-order valence-corrected chi connectivity index (χ3v) is 4.70. The molecule has 3 saturated carbocycles. The summed E-state index contributed by atoms with van der Waals surface area (Å²) in [6.07, 6.45) is 9.36. The van der Waals surface area contributed by atoms with Crippen molar-refractivity contribution in [3.05, 3.63) is 0 Å². The molecule has 24 heavy (non-hydrogen) atoms. The first-order valence-corrected chi connectivity index (χ1v) is 9.40. The Morgan fingerprint density at radius 1 is 0.583 bits per heavy atom. The van der Waals surface area contributed by atoms with E-state index in [0.717, 1.165) is 11.8 Å². The first-order chi connectivity index (χ1) is 10.4. The van der Waals surface area contributed by atoms with Crippen molar-refractivity contribution in [3.63, 3.8) is 0 Å². The molecule has 6 nitrogen and oxygen atoms in total. The number of hydrogen-bond donors (Lipinski definition) is 2. The molecule has 2 bridgehead atoms. The Morgan fingerprint density at radius 3 is 0.750 bits per heavy atom. The predicted molar refractivity (Wildman–Crippen MR) is 69.9 cm³/mol. The Hall–Kier alpha value is -0.600. The molecule has 3 aliphatic rings. The maximum Gasteiger partial charge on any atom is 0.522 e. The van der Waals surface area contributed by atoms with E-state index in [9.17, 15) is 26.3 Å². The highest BCUT2D eigenvalue weighted by molar-refractivity contribution is 7.86. The van der Waals surface area contributed by atoms with Crippen LogP contribution in [0.3, 0.4) is 0 Å². The van der Waals surface area contributed by atoms with Crippen molar-refractivity contribution in [2.75, 3.05) is 0 Å². The zero-order valence-electron chi connectivity index (χ0n) is 12.0. The van der Waals surface area contributed by atoms with Gasteiger partial charge in [0.1, 0.15) is 0 Å². The molecular formula is C10H16F6O6S2. The van der Waals surface area contributed by atoms with Gasteiger partial charge in [-0.1, -0.05) is 38.5 Å². The Labute approximate surface area is 134 Å². The lowest BCUT2D eigenvalue weighted by atomic mass is 9.71. The lowest BCUT2D eigenvalue weighted by molar-refractivity contribution is -0.0514. The second kappa shape index (κ2) is 8.19. The van der Waals surface area contributed by atoms with Gasteiger partial charge in [-0.3, -0.25) is 9.11 Å². The lowest BCUT2D eigenvalue weighted by Gasteiger charge is -2.35. The van der Waals surface area contributed by atoms with E-state index in [-0.39, 0.29) is 0 Å². The molecule has 0 radical (unpaired) electrons. The van der Waals surface area contributed by atoms with E-state index in [2.05, 4.69) is 0 Å². The van der Waals surface area contributed by atoms with Crippen molar-refractivity contribution < 1.29 is 52.3 Å². The summed E-state index contributed by atoms with van der Waals surface area (Å²) in [6, 6.07) is 0. The SMILES string of the molecule is C1CC2CCC1CC2.O=S(=O)(O)C(F)(F)F.O=S(=O)(O)C(F)(F)F. The van der Waals surface area contributed by atoms with Gasteiger partial charge in [0.2, 0.25) is 0 Å². The van der Waals surface area contributed by atoms with Crippen LogP contribution in [0.25, 0.3) is 0 Å². The van der Waals surface area contributed by atoms with Gasteiger partial charge in [0.25, 0.3) is 0 Å². The molecule has 0 unspecified atom stereocenters. The molecule has 0 aliphatic heterocycles. The molecule has 0 saturated heterocycles. The van der Waals surface area contributed by atoms with E-state index < -0.39 is 31.3 Å². The van der Waals surface area contributed by atoms with E-state index >= 15 is 0 Å². The number of fused-ring (bicyclic) bond motifs is 3. The monoisotopic (exact) mass is 410 g/mol. The summed E-state index contributed by atoms with van der Waals surface area (Å²) in [5.74, 6) is 2.31. The zero-order chi connectivity index (χ0) is 19.4. The average Bonchev–Trinajstić information content (AvgIpc) is 2.37. The van der Waals surface area contributed by atoms with Gasteiger partial charge >= 0.3 is 31.3 Å². The average molecular weight is 410 g/mol. The van der Waals surface area contributed by atoms with Gasteiger partial charge in [0.05, 0.1) is 0 Å². The topological polar surface area (TPSA) is 109 Å². The van der Waals surface area contributed by atoms with E-state index in [1.54, 1.807) is 38.5 Å². The van der Waals surface area contributed by atoms with Gasteiger partial charge in [-0.25, -0.2) is 0 Å². The van der Waals surface area contributed by atoms with Gasteiger partial charge in [0, 0.05) is 0 Å². The van der Waals surface area contributed by atoms with Crippen molar-refractivity contribution >= 4 is 20.2 Å². The van der Waals surface area contributed by atoms with E-state index in [0.29, 0.717) is 0 Å². The third-order valence-electron chi connectivity index (χ3n) is 3.53. The highest BCUT2D eigenvalue weighted by Gasteiger charge is 2.45. The van der Waals surface area contributed by atoms with E-state index in [4.69, 9.17) is 25.9 Å². The van der Waals surface area contributed by atoms with E-state index in [1.807, 2.05) is 0 Å². The van der Waals surface area contributed by atoms with Crippen molar-refractivity contribution in [2.45, 2.75) is 49.5 Å². The second-order valence-corrected chi connectivity index (χ2v) is 8.13. The molecule has 0 aromatic carbocycles.